The van der Waals surface area contributed by atoms with Crippen molar-refractivity contribution >= 4 is 68.7 Å². The maximum Gasteiger partial charge on any atom is 0.407 e. The first-order valence-corrected chi connectivity index (χ1v) is 32.2. The van der Waals surface area contributed by atoms with Gasteiger partial charge in [-0.2, -0.15) is 25.3 Å². The van der Waals surface area contributed by atoms with Crippen LogP contribution in [-0.4, -0.2) is 189 Å². The molecule has 0 radical (unpaired) electrons. The van der Waals surface area contributed by atoms with Crippen molar-refractivity contribution in [1.29, 1.82) is 5.26 Å². The Morgan fingerprint density at radius 1 is 0.868 bits per heavy atom. The first-order chi connectivity index (χ1) is 43.9. The number of benzene rings is 4. The average molecular weight is 1300 g/mol. The summed E-state index contributed by atoms with van der Waals surface area (Å²) < 4.78 is 79.1. The van der Waals surface area contributed by atoms with Crippen molar-refractivity contribution < 1.29 is 56.0 Å². The molecule has 4 aromatic carbocycles. The van der Waals surface area contributed by atoms with E-state index in [-0.39, 0.29) is 68.5 Å². The molecule has 9 rings (SSSR count). The molecule has 5 aromatic rings. The van der Waals surface area contributed by atoms with Crippen molar-refractivity contribution in [3.8, 4) is 12.1 Å². The molecule has 1 unspecified atom stereocenters. The summed E-state index contributed by atoms with van der Waals surface area (Å²) in [5.41, 5.74) is 2.76. The van der Waals surface area contributed by atoms with Crippen LogP contribution in [0.15, 0.2) is 102 Å². The molecule has 0 saturated carbocycles. The third-order valence-corrected chi connectivity index (χ3v) is 17.9. The van der Waals surface area contributed by atoms with E-state index in [2.05, 4.69) is 56.0 Å². The van der Waals surface area contributed by atoms with Crippen LogP contribution < -0.4 is 19.9 Å². The number of ether oxygens (including phenoxy) is 6. The average Bonchev–Trinajstić information content (AvgIpc) is 1.72. The van der Waals surface area contributed by atoms with Gasteiger partial charge >= 0.3 is 18.1 Å². The number of carbonyl (C=O) groups excluding carboxylic acids is 3. The Hall–Kier alpha value is -7.24. The Balaban J connectivity index is 0.688. The third kappa shape index (κ3) is 17.9. The fraction of sp³-hybridized carbons (Fsp3) is 0.500. The molecule has 1 aromatic heterocycles. The summed E-state index contributed by atoms with van der Waals surface area (Å²) in [6, 6.07) is 25.9. The summed E-state index contributed by atoms with van der Waals surface area (Å²) in [7, 11) is 1.62. The van der Waals surface area contributed by atoms with Crippen LogP contribution in [0.2, 0.25) is 5.02 Å². The smallest absolute Gasteiger partial charge is 0.407 e. The predicted molar refractivity (Wildman–Crippen MR) is 344 cm³/mol. The largest absolute Gasteiger partial charge is 0.462 e. The van der Waals surface area contributed by atoms with Crippen molar-refractivity contribution in [2.24, 2.45) is 5.10 Å². The lowest BCUT2D eigenvalue weighted by atomic mass is 10.0. The number of rotatable bonds is 29. The number of nitrogens with one attached hydrogen (secondary N) is 1. The molecule has 4 aliphatic rings. The van der Waals surface area contributed by atoms with E-state index in [4.69, 9.17) is 50.0 Å². The lowest BCUT2D eigenvalue weighted by Gasteiger charge is -2.42. The van der Waals surface area contributed by atoms with Gasteiger partial charge in [0.15, 0.2) is 5.83 Å². The molecule has 2 fully saturated rings. The number of carbonyl (C=O) groups is 3. The third-order valence-electron chi connectivity index (χ3n) is 16.2. The number of amides is 4. The maximum absolute atomic E-state index is 15.3. The monoisotopic (exact) mass is 1300 g/mol. The van der Waals surface area contributed by atoms with E-state index in [0.717, 1.165) is 90.0 Å². The summed E-state index contributed by atoms with van der Waals surface area (Å²) >= 11 is 7.95. The Kier molecular flexibility index (Phi) is 24.2. The van der Waals surface area contributed by atoms with Crippen molar-refractivity contribution in [3.63, 3.8) is 0 Å². The summed E-state index contributed by atoms with van der Waals surface area (Å²) in [4.78, 5) is 58.2. The molecule has 2 saturated heterocycles. The second-order valence-electron chi connectivity index (χ2n) is 23.7. The summed E-state index contributed by atoms with van der Waals surface area (Å²) in [5.74, 6) is -2.48. The van der Waals surface area contributed by atoms with Crippen LogP contribution in [0.3, 0.4) is 0 Å². The fourth-order valence-corrected chi connectivity index (χ4v) is 13.4. The number of urea groups is 1. The Labute approximate surface area is 539 Å². The van der Waals surface area contributed by atoms with Gasteiger partial charge in [-0.05, 0) is 107 Å². The Morgan fingerprint density at radius 2 is 1.59 bits per heavy atom. The minimum Gasteiger partial charge on any atom is -0.462 e. The zero-order valence-corrected chi connectivity index (χ0v) is 53.8. The quantitative estimate of drug-likeness (QED) is 0.0350. The number of likely N-dealkylation sites (tertiary alicyclic amines) is 1. The number of nitriles is 1. The molecule has 0 bridgehead atoms. The van der Waals surface area contributed by atoms with E-state index in [9.17, 15) is 28.4 Å². The van der Waals surface area contributed by atoms with Crippen LogP contribution in [0.1, 0.15) is 81.7 Å². The molecule has 0 spiro atoms. The second kappa shape index (κ2) is 32.4. The highest BCUT2D eigenvalue weighted by atomic mass is 35.5. The molecule has 3 atom stereocenters. The molecule has 0 aliphatic carbocycles. The molecular formula is C66H81ClF3N11O9S. The van der Waals surface area contributed by atoms with E-state index in [0.29, 0.717) is 102 Å². The zero-order valence-electron chi connectivity index (χ0n) is 52.2. The standard InChI is InChI=1S/C66H81ClF3N11O9S/c1-46(68)61(82)80-32-31-79(43-50(80)23-26-71)59-52-24-30-78(57-20-10-15-47-14-9-19-54(67)58(47)57)44-56(52)73-62(74-59)89-45-51-18-11-28-77(51)29-13-34-85-36-38-87-40-41-88-39-37-86-35-33-76(5)64(84)81-66(48-16-7-6-8-17-48,25-12-27-72-63(83)90-65(2,3)4)91-60(75-81)53-42-49(69)21-22-55(53)70/h6-10,14-17,19-22,42,50-51H,1,11-13,18,23-25,27-41,43-45H2,2-5H3,(H,72,83)/t50-,51-,66?/m0/s1. The first-order valence-electron chi connectivity index (χ1n) is 31.0. The predicted octanol–water partition coefficient (Wildman–Crippen LogP) is 10.5. The lowest BCUT2D eigenvalue weighted by Crippen LogP contribution is -2.55. The number of halogens is 4. The van der Waals surface area contributed by atoms with Crippen LogP contribution in [0.5, 0.6) is 6.01 Å². The summed E-state index contributed by atoms with van der Waals surface area (Å²) in [5, 5.41) is 21.3. The number of aromatic nitrogens is 2. The Morgan fingerprint density at radius 3 is 2.32 bits per heavy atom. The number of thioether (sulfide) groups is 1. The van der Waals surface area contributed by atoms with Crippen molar-refractivity contribution in [1.82, 2.24) is 35.0 Å². The van der Waals surface area contributed by atoms with Gasteiger partial charge in [-0.3, -0.25) is 9.69 Å². The summed E-state index contributed by atoms with van der Waals surface area (Å²) in [6.07, 6.45) is 3.57. The molecule has 5 heterocycles. The van der Waals surface area contributed by atoms with Gasteiger partial charge in [-0.25, -0.2) is 22.8 Å². The molecular weight excluding hydrogens is 1220 g/mol. The normalized spacial score (nSPS) is 18.5. The van der Waals surface area contributed by atoms with Crippen molar-refractivity contribution in [2.75, 3.05) is 129 Å². The van der Waals surface area contributed by atoms with E-state index < -0.39 is 52.0 Å². The number of hydrogen-bond donors (Lipinski definition) is 1. The number of fused-ring (bicyclic) bond motifs is 2. The Bertz CT molecular complexity index is 3400. The van der Waals surface area contributed by atoms with Crippen LogP contribution in [0, 0.1) is 23.0 Å². The van der Waals surface area contributed by atoms with Crippen LogP contribution in [0.4, 0.5) is 34.3 Å². The van der Waals surface area contributed by atoms with E-state index in [1.54, 1.807) is 27.8 Å². The van der Waals surface area contributed by atoms with E-state index in [1.807, 2.05) is 48.5 Å². The highest BCUT2D eigenvalue weighted by Crippen LogP contribution is 2.51. The van der Waals surface area contributed by atoms with Gasteiger partial charge in [0.25, 0.3) is 5.91 Å². The van der Waals surface area contributed by atoms with Gasteiger partial charge in [-0.1, -0.05) is 84.5 Å². The van der Waals surface area contributed by atoms with Crippen molar-refractivity contribution in [2.45, 2.75) is 94.8 Å². The SMILES string of the molecule is C=C(F)C(=O)N1CCN(c2nc(OC[C@@H]3CCCN3CCCOCCOCCOCCOCCN(C)C(=O)N3N=C(c4cc(F)ccc4F)SC3(CCCNC(=O)OC(C)(C)C)c3ccccc3)nc3c2CCN(c2cccc4cccc(Cl)c24)C3)C[C@@H]1CC#N. The number of nitrogens with zero attached hydrogens (tertiary/aromatic N) is 10. The van der Waals surface area contributed by atoms with Gasteiger partial charge in [-0.15, -0.1) is 0 Å². The van der Waals surface area contributed by atoms with Crippen molar-refractivity contribution in [3.05, 3.63) is 136 Å². The van der Waals surface area contributed by atoms with Crippen LogP contribution in [0.25, 0.3) is 10.8 Å². The number of hydrazone groups is 1. The number of alkyl carbamates (subject to hydrolysis) is 1. The molecule has 25 heteroatoms. The molecule has 20 nitrogen and oxygen atoms in total. The van der Waals surface area contributed by atoms with Gasteiger partial charge in [0.1, 0.15) is 39.6 Å². The number of hydrogen-bond acceptors (Lipinski definition) is 17. The highest BCUT2D eigenvalue weighted by Gasteiger charge is 2.50. The summed E-state index contributed by atoms with van der Waals surface area (Å²) in [6.45, 7) is 16.0. The number of piperazine rings is 1. The van der Waals surface area contributed by atoms with Gasteiger partial charge in [0.05, 0.1) is 82.0 Å². The van der Waals surface area contributed by atoms with E-state index >= 15 is 4.39 Å². The molecule has 91 heavy (non-hydrogen) atoms. The molecule has 4 aliphatic heterocycles. The highest BCUT2D eigenvalue weighted by molar-refractivity contribution is 8.15. The number of likely N-dealkylation sites (N-methyl/N-ethyl adjacent to an activating group) is 1. The van der Waals surface area contributed by atoms with E-state index in [1.165, 1.54) is 14.8 Å². The topological polar surface area (TPSA) is 200 Å². The first kappa shape index (κ1) is 68.1. The molecule has 488 valence electrons. The maximum atomic E-state index is 15.3. The van der Waals surface area contributed by atoms with Crippen LogP contribution >= 0.6 is 23.4 Å². The minimum absolute atomic E-state index is 0.0261. The molecule has 1 N–H and O–H groups in total. The minimum atomic E-state index is -1.18. The van der Waals surface area contributed by atoms with Gasteiger partial charge < -0.3 is 53.3 Å². The van der Waals surface area contributed by atoms with Gasteiger partial charge in [0, 0.05) is 87.7 Å². The van der Waals surface area contributed by atoms with Gasteiger partial charge in [0.2, 0.25) is 0 Å². The van der Waals surface area contributed by atoms with Crippen LogP contribution in [-0.2, 0) is 46.3 Å². The second-order valence-corrected chi connectivity index (χ2v) is 25.4. The molecule has 4 amide bonds. The zero-order chi connectivity index (χ0) is 64.5. The fourth-order valence-electron chi connectivity index (χ4n) is 11.7. The number of anilines is 2. The lowest BCUT2D eigenvalue weighted by molar-refractivity contribution is -0.131.